The Morgan fingerprint density at radius 3 is 2.75 bits per heavy atom. The highest BCUT2D eigenvalue weighted by molar-refractivity contribution is 5.31. The van der Waals surface area contributed by atoms with Crippen molar-refractivity contribution < 1.29 is 4.74 Å². The van der Waals surface area contributed by atoms with E-state index in [-0.39, 0.29) is 0 Å². The van der Waals surface area contributed by atoms with Crippen molar-refractivity contribution >= 4 is 0 Å². The fraction of sp³-hybridized carbons (Fsp3) is 0.667. The Balaban J connectivity index is 1.75. The average Bonchev–Trinajstić information content (AvgIpc) is 3.16. The molecule has 1 aromatic carbocycles. The molecule has 2 nitrogen and oxygen atoms in total. The highest BCUT2D eigenvalue weighted by Gasteiger charge is 2.30. The van der Waals surface area contributed by atoms with E-state index in [1.807, 2.05) is 0 Å². The molecule has 20 heavy (non-hydrogen) atoms. The van der Waals surface area contributed by atoms with E-state index in [4.69, 9.17) is 4.74 Å². The number of benzene rings is 1. The van der Waals surface area contributed by atoms with Crippen molar-refractivity contribution in [3.63, 3.8) is 0 Å². The van der Waals surface area contributed by atoms with Gasteiger partial charge in [-0.2, -0.15) is 0 Å². The molecule has 2 saturated carbocycles. The van der Waals surface area contributed by atoms with Crippen LogP contribution in [0, 0.1) is 11.8 Å². The molecular formula is C18H27NO. The summed E-state index contributed by atoms with van der Waals surface area (Å²) in [5.74, 6) is 2.71. The summed E-state index contributed by atoms with van der Waals surface area (Å²) in [6.07, 6.45) is 7.01. The van der Waals surface area contributed by atoms with Crippen LogP contribution in [-0.2, 0) is 0 Å². The highest BCUT2D eigenvalue weighted by atomic mass is 16.5. The van der Waals surface area contributed by atoms with Crippen molar-refractivity contribution in [2.24, 2.45) is 11.8 Å². The van der Waals surface area contributed by atoms with Crippen LogP contribution in [0.4, 0.5) is 0 Å². The molecule has 3 unspecified atom stereocenters. The van der Waals surface area contributed by atoms with Crippen LogP contribution in [0.3, 0.4) is 0 Å². The predicted molar refractivity (Wildman–Crippen MR) is 83.0 cm³/mol. The lowest BCUT2D eigenvalue weighted by Gasteiger charge is -2.25. The van der Waals surface area contributed by atoms with E-state index in [2.05, 4.69) is 43.4 Å². The van der Waals surface area contributed by atoms with Crippen LogP contribution in [0.5, 0.6) is 5.75 Å². The quantitative estimate of drug-likeness (QED) is 0.833. The Morgan fingerprint density at radius 2 is 2.10 bits per heavy atom. The second kappa shape index (κ2) is 6.17. The van der Waals surface area contributed by atoms with E-state index < -0.39 is 0 Å². The van der Waals surface area contributed by atoms with Gasteiger partial charge in [0.15, 0.2) is 0 Å². The summed E-state index contributed by atoms with van der Waals surface area (Å²) in [4.78, 5) is 0. The fourth-order valence-corrected chi connectivity index (χ4v) is 3.49. The number of hydrogen-bond acceptors (Lipinski definition) is 2. The summed E-state index contributed by atoms with van der Waals surface area (Å²) in [7, 11) is 0. The topological polar surface area (TPSA) is 21.3 Å². The van der Waals surface area contributed by atoms with Gasteiger partial charge in [-0.05, 0) is 61.8 Å². The third-order valence-corrected chi connectivity index (χ3v) is 4.68. The first-order valence-electron chi connectivity index (χ1n) is 8.26. The summed E-state index contributed by atoms with van der Waals surface area (Å²) in [5.41, 5.74) is 1.41. The molecule has 3 atom stereocenters. The summed E-state index contributed by atoms with van der Waals surface area (Å²) < 4.78 is 5.95. The van der Waals surface area contributed by atoms with Gasteiger partial charge in [0.25, 0.3) is 0 Å². The molecule has 2 aliphatic rings. The summed E-state index contributed by atoms with van der Waals surface area (Å²) >= 11 is 0. The first kappa shape index (κ1) is 13.9. The van der Waals surface area contributed by atoms with Crippen molar-refractivity contribution in [1.82, 2.24) is 5.32 Å². The van der Waals surface area contributed by atoms with E-state index in [9.17, 15) is 0 Å². The minimum atomic E-state index is 0.481. The average molecular weight is 273 g/mol. The first-order valence-corrected chi connectivity index (χ1v) is 8.26. The van der Waals surface area contributed by atoms with Crippen LogP contribution in [0.15, 0.2) is 24.3 Å². The standard InChI is InChI=1S/C18H27NO/c1-3-19-18(15-8-7-13(2)11-15)14-5-4-6-17(12-14)20-16-9-10-16/h4-6,12-13,15-16,18-19H,3,7-11H2,1-2H3. The summed E-state index contributed by atoms with van der Waals surface area (Å²) in [5, 5.41) is 3.70. The van der Waals surface area contributed by atoms with Crippen LogP contribution in [-0.4, -0.2) is 12.6 Å². The molecule has 0 saturated heterocycles. The monoisotopic (exact) mass is 273 g/mol. The van der Waals surface area contributed by atoms with E-state index in [1.54, 1.807) is 0 Å². The number of hydrogen-bond donors (Lipinski definition) is 1. The molecular weight excluding hydrogens is 246 g/mol. The van der Waals surface area contributed by atoms with Crippen LogP contribution in [0.1, 0.15) is 57.6 Å². The van der Waals surface area contributed by atoms with Crippen molar-refractivity contribution in [3.8, 4) is 5.75 Å². The van der Waals surface area contributed by atoms with Crippen LogP contribution < -0.4 is 10.1 Å². The Morgan fingerprint density at radius 1 is 1.25 bits per heavy atom. The highest BCUT2D eigenvalue weighted by Crippen LogP contribution is 2.39. The largest absolute Gasteiger partial charge is 0.490 e. The van der Waals surface area contributed by atoms with Crippen LogP contribution in [0.2, 0.25) is 0 Å². The van der Waals surface area contributed by atoms with Gasteiger partial charge in [-0.15, -0.1) is 0 Å². The minimum Gasteiger partial charge on any atom is -0.490 e. The molecule has 0 radical (unpaired) electrons. The molecule has 110 valence electrons. The van der Waals surface area contributed by atoms with Gasteiger partial charge in [-0.25, -0.2) is 0 Å². The molecule has 0 spiro atoms. The third kappa shape index (κ3) is 3.35. The van der Waals surface area contributed by atoms with Crippen LogP contribution >= 0.6 is 0 Å². The van der Waals surface area contributed by atoms with Gasteiger partial charge in [0.1, 0.15) is 5.75 Å². The van der Waals surface area contributed by atoms with Gasteiger partial charge >= 0.3 is 0 Å². The fourth-order valence-electron chi connectivity index (χ4n) is 3.49. The molecule has 0 bridgehead atoms. The van der Waals surface area contributed by atoms with E-state index in [0.29, 0.717) is 12.1 Å². The molecule has 3 rings (SSSR count). The number of ether oxygens (including phenoxy) is 1. The zero-order valence-electron chi connectivity index (χ0n) is 12.8. The molecule has 1 aromatic rings. The van der Waals surface area contributed by atoms with Crippen LogP contribution in [0.25, 0.3) is 0 Å². The Bertz CT molecular complexity index is 441. The molecule has 0 heterocycles. The van der Waals surface area contributed by atoms with E-state index in [0.717, 1.165) is 24.1 Å². The maximum Gasteiger partial charge on any atom is 0.120 e. The maximum atomic E-state index is 5.95. The lowest BCUT2D eigenvalue weighted by Crippen LogP contribution is -2.27. The number of rotatable bonds is 6. The Labute approximate surface area is 122 Å². The zero-order chi connectivity index (χ0) is 13.9. The molecule has 0 aromatic heterocycles. The lowest BCUT2D eigenvalue weighted by atomic mass is 9.90. The first-order chi connectivity index (χ1) is 9.76. The molecule has 0 amide bonds. The second-order valence-electron chi connectivity index (χ2n) is 6.60. The van der Waals surface area contributed by atoms with E-state index >= 15 is 0 Å². The van der Waals surface area contributed by atoms with Crippen molar-refractivity contribution in [1.29, 1.82) is 0 Å². The smallest absolute Gasteiger partial charge is 0.120 e. The minimum absolute atomic E-state index is 0.481. The van der Waals surface area contributed by atoms with Gasteiger partial charge in [0.05, 0.1) is 6.10 Å². The van der Waals surface area contributed by atoms with Crippen molar-refractivity contribution in [2.75, 3.05) is 6.54 Å². The summed E-state index contributed by atoms with van der Waals surface area (Å²) in [6, 6.07) is 9.26. The lowest BCUT2D eigenvalue weighted by molar-refractivity contribution is 0.301. The second-order valence-corrected chi connectivity index (χ2v) is 6.60. The van der Waals surface area contributed by atoms with Gasteiger partial charge in [0, 0.05) is 6.04 Å². The number of nitrogens with one attached hydrogen (secondary N) is 1. The third-order valence-electron chi connectivity index (χ3n) is 4.68. The van der Waals surface area contributed by atoms with Gasteiger partial charge in [0.2, 0.25) is 0 Å². The van der Waals surface area contributed by atoms with Gasteiger partial charge in [-0.1, -0.05) is 32.4 Å². The SMILES string of the molecule is CCNC(c1cccc(OC2CC2)c1)C1CCC(C)C1. The van der Waals surface area contributed by atoms with Crippen molar-refractivity contribution in [3.05, 3.63) is 29.8 Å². The predicted octanol–water partition coefficient (Wildman–Crippen LogP) is 4.31. The van der Waals surface area contributed by atoms with Gasteiger partial charge < -0.3 is 10.1 Å². The maximum absolute atomic E-state index is 5.95. The molecule has 2 heteroatoms. The molecule has 0 aliphatic heterocycles. The molecule has 2 fully saturated rings. The van der Waals surface area contributed by atoms with Crippen molar-refractivity contribution in [2.45, 2.75) is 58.1 Å². The van der Waals surface area contributed by atoms with E-state index in [1.165, 1.54) is 37.7 Å². The zero-order valence-corrected chi connectivity index (χ0v) is 12.8. The normalized spacial score (nSPS) is 27.5. The Hall–Kier alpha value is -1.02. The molecule has 1 N–H and O–H groups in total. The molecule has 2 aliphatic carbocycles. The Kier molecular flexibility index (Phi) is 4.30. The van der Waals surface area contributed by atoms with Gasteiger partial charge in [-0.3, -0.25) is 0 Å². The summed E-state index contributed by atoms with van der Waals surface area (Å²) in [6.45, 7) is 5.62.